The third kappa shape index (κ3) is 3.27. The molecule has 2 aliphatic rings. The Labute approximate surface area is 153 Å². The summed E-state index contributed by atoms with van der Waals surface area (Å²) >= 11 is 3.25. The molecule has 1 aliphatic carbocycles. The Morgan fingerprint density at radius 1 is 1.40 bits per heavy atom. The van der Waals surface area contributed by atoms with Crippen LogP contribution < -0.4 is 10.6 Å². The first-order valence-electron chi connectivity index (χ1n) is 8.21. The number of halogens is 2. The summed E-state index contributed by atoms with van der Waals surface area (Å²) < 4.78 is 14.4. The van der Waals surface area contributed by atoms with Gasteiger partial charge in [-0.2, -0.15) is 0 Å². The third-order valence-electron chi connectivity index (χ3n) is 4.88. The fourth-order valence-corrected chi connectivity index (χ4v) is 3.84. The van der Waals surface area contributed by atoms with Crippen molar-refractivity contribution < 1.29 is 18.8 Å². The van der Waals surface area contributed by atoms with Crippen molar-refractivity contribution in [3.8, 4) is 0 Å². The second kappa shape index (κ2) is 6.74. The van der Waals surface area contributed by atoms with E-state index in [0.717, 1.165) is 17.7 Å². The van der Waals surface area contributed by atoms with Gasteiger partial charge in [-0.3, -0.25) is 9.59 Å². The number of hydrogen-bond acceptors (Lipinski definition) is 3. The number of hydrogen-bond donors (Lipinski definition) is 2. The maximum absolute atomic E-state index is 13.7. The molecule has 2 N–H and O–H groups in total. The SMILES string of the molecule is CC(C(=O)NCc1cc(Br)ccc1F)N1C(=O)NC2(CCCC2)C1=O. The molecule has 1 unspecified atom stereocenters. The van der Waals surface area contributed by atoms with Crippen molar-refractivity contribution in [1.82, 2.24) is 15.5 Å². The second-order valence-corrected chi connectivity index (χ2v) is 7.44. The highest BCUT2D eigenvalue weighted by molar-refractivity contribution is 9.10. The first-order chi connectivity index (χ1) is 11.8. The molecule has 8 heteroatoms. The number of amides is 4. The summed E-state index contributed by atoms with van der Waals surface area (Å²) in [4.78, 5) is 38.2. The molecule has 0 radical (unpaired) electrons. The van der Waals surface area contributed by atoms with Crippen LogP contribution in [0.2, 0.25) is 0 Å². The lowest BCUT2D eigenvalue weighted by molar-refractivity contribution is -0.137. The lowest BCUT2D eigenvalue weighted by Crippen LogP contribution is -2.49. The highest BCUT2D eigenvalue weighted by atomic mass is 79.9. The Morgan fingerprint density at radius 3 is 2.76 bits per heavy atom. The number of imide groups is 1. The van der Waals surface area contributed by atoms with Gasteiger partial charge in [0.25, 0.3) is 5.91 Å². The molecule has 0 aromatic heterocycles. The highest BCUT2D eigenvalue weighted by Gasteiger charge is 2.54. The van der Waals surface area contributed by atoms with Crippen molar-refractivity contribution in [2.24, 2.45) is 0 Å². The van der Waals surface area contributed by atoms with Crippen molar-refractivity contribution in [1.29, 1.82) is 0 Å². The lowest BCUT2D eigenvalue weighted by atomic mass is 9.97. The van der Waals surface area contributed by atoms with Crippen LogP contribution in [-0.4, -0.2) is 34.3 Å². The number of rotatable bonds is 4. The topological polar surface area (TPSA) is 78.5 Å². The largest absolute Gasteiger partial charge is 0.350 e. The van der Waals surface area contributed by atoms with Crippen LogP contribution in [0.15, 0.2) is 22.7 Å². The number of carbonyl (C=O) groups is 3. The molecule has 1 spiro atoms. The van der Waals surface area contributed by atoms with Crippen molar-refractivity contribution in [2.75, 3.05) is 0 Å². The minimum Gasteiger partial charge on any atom is -0.350 e. The molecule has 6 nitrogen and oxygen atoms in total. The summed E-state index contributed by atoms with van der Waals surface area (Å²) in [5.41, 5.74) is -0.526. The van der Waals surface area contributed by atoms with Crippen molar-refractivity contribution in [3.05, 3.63) is 34.1 Å². The number of benzene rings is 1. The maximum atomic E-state index is 13.7. The summed E-state index contributed by atoms with van der Waals surface area (Å²) in [5.74, 6) is -1.28. The first-order valence-corrected chi connectivity index (χ1v) is 9.01. The summed E-state index contributed by atoms with van der Waals surface area (Å²) in [6.45, 7) is 1.47. The molecule has 1 aromatic carbocycles. The standard InChI is InChI=1S/C17H19BrFN3O3/c1-10(14(23)20-9-11-8-12(18)4-5-13(11)19)22-15(24)17(21-16(22)25)6-2-3-7-17/h4-5,8,10H,2-3,6-7,9H2,1H3,(H,20,23)(H,21,25). The minimum atomic E-state index is -0.956. The molecule has 1 atom stereocenters. The normalized spacial score (nSPS) is 20.0. The Hall–Kier alpha value is -1.96. The van der Waals surface area contributed by atoms with Gasteiger partial charge in [-0.25, -0.2) is 14.1 Å². The number of urea groups is 1. The molecule has 3 rings (SSSR count). The fraction of sp³-hybridized carbons (Fsp3) is 0.471. The number of carbonyl (C=O) groups excluding carboxylic acids is 3. The van der Waals surface area contributed by atoms with E-state index in [9.17, 15) is 18.8 Å². The van der Waals surface area contributed by atoms with Gasteiger partial charge in [0, 0.05) is 16.6 Å². The summed E-state index contributed by atoms with van der Waals surface area (Å²) in [5, 5.41) is 5.34. The quantitative estimate of drug-likeness (QED) is 0.746. The summed E-state index contributed by atoms with van der Waals surface area (Å²) in [7, 11) is 0. The van der Waals surface area contributed by atoms with Crippen LogP contribution in [0, 0.1) is 5.82 Å². The van der Waals surface area contributed by atoms with Crippen LogP contribution in [0.3, 0.4) is 0 Å². The zero-order chi connectivity index (χ0) is 18.2. The molecule has 4 amide bonds. The van der Waals surface area contributed by atoms with E-state index in [1.807, 2.05) is 0 Å². The smallest absolute Gasteiger partial charge is 0.325 e. The van der Waals surface area contributed by atoms with Gasteiger partial charge in [0.15, 0.2) is 0 Å². The average Bonchev–Trinajstić information content (AvgIpc) is 3.13. The van der Waals surface area contributed by atoms with Gasteiger partial charge in [-0.15, -0.1) is 0 Å². The first kappa shape index (κ1) is 17.8. The van der Waals surface area contributed by atoms with E-state index in [0.29, 0.717) is 22.9 Å². The summed E-state index contributed by atoms with van der Waals surface area (Å²) in [6, 6.07) is 2.95. The van der Waals surface area contributed by atoms with Gasteiger partial charge in [-0.05, 0) is 38.0 Å². The second-order valence-electron chi connectivity index (χ2n) is 6.52. The van der Waals surface area contributed by atoms with Crippen LogP contribution in [0.1, 0.15) is 38.2 Å². The molecule has 25 heavy (non-hydrogen) atoms. The van der Waals surface area contributed by atoms with Crippen LogP contribution in [0.5, 0.6) is 0 Å². The van der Waals surface area contributed by atoms with Gasteiger partial charge in [0.2, 0.25) is 5.91 Å². The predicted octanol–water partition coefficient (Wildman–Crippen LogP) is 2.46. The van der Waals surface area contributed by atoms with E-state index in [4.69, 9.17) is 0 Å². The molecule has 2 fully saturated rings. The molecule has 1 aliphatic heterocycles. The van der Waals surface area contributed by atoms with Gasteiger partial charge in [0.1, 0.15) is 17.4 Å². The Morgan fingerprint density at radius 2 is 2.08 bits per heavy atom. The van der Waals surface area contributed by atoms with Crippen molar-refractivity contribution in [3.63, 3.8) is 0 Å². The average molecular weight is 412 g/mol. The molecule has 1 saturated heterocycles. The van der Waals surface area contributed by atoms with Crippen LogP contribution in [0.4, 0.5) is 9.18 Å². The molecule has 0 bridgehead atoms. The van der Waals surface area contributed by atoms with E-state index in [1.165, 1.54) is 13.0 Å². The molecule has 1 heterocycles. The monoisotopic (exact) mass is 411 g/mol. The summed E-state index contributed by atoms with van der Waals surface area (Å²) in [6.07, 6.45) is 2.96. The molecular weight excluding hydrogens is 393 g/mol. The third-order valence-corrected chi connectivity index (χ3v) is 5.37. The zero-order valence-corrected chi connectivity index (χ0v) is 15.4. The van der Waals surface area contributed by atoms with Crippen LogP contribution >= 0.6 is 15.9 Å². The van der Waals surface area contributed by atoms with E-state index in [-0.39, 0.29) is 12.5 Å². The molecular formula is C17H19BrFN3O3. The lowest BCUT2D eigenvalue weighted by Gasteiger charge is -2.23. The van der Waals surface area contributed by atoms with Gasteiger partial charge >= 0.3 is 6.03 Å². The Bertz CT molecular complexity index is 734. The van der Waals surface area contributed by atoms with Gasteiger partial charge in [0.05, 0.1) is 0 Å². The van der Waals surface area contributed by atoms with Gasteiger partial charge in [-0.1, -0.05) is 28.8 Å². The zero-order valence-electron chi connectivity index (χ0n) is 13.8. The number of nitrogens with one attached hydrogen (secondary N) is 2. The van der Waals surface area contributed by atoms with E-state index in [1.54, 1.807) is 12.1 Å². The van der Waals surface area contributed by atoms with E-state index in [2.05, 4.69) is 26.6 Å². The predicted molar refractivity (Wildman–Crippen MR) is 92.0 cm³/mol. The molecule has 134 valence electrons. The fourth-order valence-electron chi connectivity index (χ4n) is 3.44. The highest BCUT2D eigenvalue weighted by Crippen LogP contribution is 2.35. The van der Waals surface area contributed by atoms with Gasteiger partial charge < -0.3 is 10.6 Å². The van der Waals surface area contributed by atoms with Crippen LogP contribution in [-0.2, 0) is 16.1 Å². The van der Waals surface area contributed by atoms with Crippen molar-refractivity contribution >= 4 is 33.8 Å². The maximum Gasteiger partial charge on any atom is 0.325 e. The van der Waals surface area contributed by atoms with Crippen molar-refractivity contribution in [2.45, 2.75) is 50.7 Å². The number of nitrogens with zero attached hydrogens (tertiary/aromatic N) is 1. The Balaban J connectivity index is 1.67. The molecule has 1 saturated carbocycles. The van der Waals surface area contributed by atoms with Crippen LogP contribution in [0.25, 0.3) is 0 Å². The molecule has 1 aromatic rings. The minimum absolute atomic E-state index is 0.0246. The van der Waals surface area contributed by atoms with E-state index < -0.39 is 29.3 Å². The Kier molecular flexibility index (Phi) is 4.81. The van der Waals surface area contributed by atoms with E-state index >= 15 is 0 Å².